The Kier molecular flexibility index (Phi) is 4.85. The molecule has 2 aromatic rings. The van der Waals surface area contributed by atoms with Crippen molar-refractivity contribution >= 4 is 0 Å². The van der Waals surface area contributed by atoms with Crippen LogP contribution in [0.3, 0.4) is 0 Å². The van der Waals surface area contributed by atoms with Crippen molar-refractivity contribution in [3.05, 3.63) is 53.1 Å². The number of nitrogens with one attached hydrogen (secondary N) is 1. The molecule has 0 bridgehead atoms. The molecule has 1 aliphatic carbocycles. The first-order chi connectivity index (χ1) is 10.8. The van der Waals surface area contributed by atoms with Gasteiger partial charge in [0.1, 0.15) is 5.82 Å². The van der Waals surface area contributed by atoms with Crippen molar-refractivity contribution in [1.29, 1.82) is 0 Å². The highest BCUT2D eigenvalue weighted by atomic mass is 19.1. The van der Waals surface area contributed by atoms with Gasteiger partial charge in [-0.25, -0.2) is 4.39 Å². The van der Waals surface area contributed by atoms with Gasteiger partial charge in [0, 0.05) is 19.9 Å². The van der Waals surface area contributed by atoms with E-state index in [1.54, 1.807) is 19.2 Å². The SMILES string of the molecule is COCCn1cc2c(n1)[C@@H](NCc1cccc(F)c1)CCC2. The summed E-state index contributed by atoms with van der Waals surface area (Å²) in [5.41, 5.74) is 3.42. The number of nitrogens with zero attached hydrogens (tertiary/aromatic N) is 2. The van der Waals surface area contributed by atoms with Crippen LogP contribution in [0.1, 0.15) is 35.7 Å². The average Bonchev–Trinajstić information content (AvgIpc) is 2.94. The maximum atomic E-state index is 13.2. The van der Waals surface area contributed by atoms with Crippen LogP contribution in [0.4, 0.5) is 4.39 Å². The number of benzene rings is 1. The van der Waals surface area contributed by atoms with Crippen LogP contribution < -0.4 is 5.32 Å². The Morgan fingerprint density at radius 1 is 1.45 bits per heavy atom. The van der Waals surface area contributed by atoms with Crippen LogP contribution in [0.5, 0.6) is 0 Å². The van der Waals surface area contributed by atoms with Crippen molar-refractivity contribution in [1.82, 2.24) is 15.1 Å². The lowest BCUT2D eigenvalue weighted by Crippen LogP contribution is -2.25. The van der Waals surface area contributed by atoms with Crippen LogP contribution in [0, 0.1) is 5.82 Å². The molecule has 118 valence electrons. The van der Waals surface area contributed by atoms with Gasteiger partial charge in [-0.15, -0.1) is 0 Å². The smallest absolute Gasteiger partial charge is 0.123 e. The molecular weight excluding hydrogens is 281 g/mol. The lowest BCUT2D eigenvalue weighted by atomic mass is 9.93. The number of rotatable bonds is 6. The number of methoxy groups -OCH3 is 1. The Balaban J connectivity index is 1.67. The van der Waals surface area contributed by atoms with E-state index in [1.165, 1.54) is 11.6 Å². The molecule has 0 fully saturated rings. The van der Waals surface area contributed by atoms with E-state index in [-0.39, 0.29) is 11.9 Å². The van der Waals surface area contributed by atoms with E-state index < -0.39 is 0 Å². The number of ether oxygens (including phenoxy) is 1. The molecule has 3 rings (SSSR count). The van der Waals surface area contributed by atoms with E-state index in [9.17, 15) is 4.39 Å². The summed E-state index contributed by atoms with van der Waals surface area (Å²) in [6, 6.07) is 6.98. The van der Waals surface area contributed by atoms with Crippen molar-refractivity contribution in [3.8, 4) is 0 Å². The molecule has 1 aromatic carbocycles. The Bertz CT molecular complexity index is 626. The summed E-state index contributed by atoms with van der Waals surface area (Å²) in [6.45, 7) is 2.11. The van der Waals surface area contributed by atoms with Crippen LogP contribution in [0.25, 0.3) is 0 Å². The molecule has 0 unspecified atom stereocenters. The molecule has 0 amide bonds. The van der Waals surface area contributed by atoms with Crippen molar-refractivity contribution in [2.75, 3.05) is 13.7 Å². The molecule has 0 saturated heterocycles. The first-order valence-corrected chi connectivity index (χ1v) is 7.79. The van der Waals surface area contributed by atoms with Gasteiger partial charge < -0.3 is 10.1 Å². The minimum absolute atomic E-state index is 0.188. The van der Waals surface area contributed by atoms with Crippen molar-refractivity contribution in [3.63, 3.8) is 0 Å². The minimum atomic E-state index is -0.188. The largest absolute Gasteiger partial charge is 0.383 e. The summed E-state index contributed by atoms with van der Waals surface area (Å²) < 4.78 is 20.3. The molecule has 1 atom stereocenters. The zero-order chi connectivity index (χ0) is 15.4. The van der Waals surface area contributed by atoms with Gasteiger partial charge in [0.05, 0.1) is 24.9 Å². The maximum Gasteiger partial charge on any atom is 0.123 e. The van der Waals surface area contributed by atoms with Gasteiger partial charge in [-0.05, 0) is 42.5 Å². The van der Waals surface area contributed by atoms with Crippen molar-refractivity contribution in [2.24, 2.45) is 0 Å². The lowest BCUT2D eigenvalue weighted by molar-refractivity contribution is 0.183. The monoisotopic (exact) mass is 303 g/mol. The molecule has 0 aliphatic heterocycles. The van der Waals surface area contributed by atoms with E-state index in [2.05, 4.69) is 11.5 Å². The second-order valence-electron chi connectivity index (χ2n) is 5.75. The Labute approximate surface area is 130 Å². The third-order valence-corrected chi connectivity index (χ3v) is 4.11. The maximum absolute atomic E-state index is 13.2. The van der Waals surface area contributed by atoms with Gasteiger partial charge >= 0.3 is 0 Å². The average molecular weight is 303 g/mol. The zero-order valence-electron chi connectivity index (χ0n) is 12.9. The standard InChI is InChI=1S/C17H22FN3O/c1-22-9-8-21-12-14-5-3-7-16(17(14)20-21)19-11-13-4-2-6-15(18)10-13/h2,4,6,10,12,16,19H,3,5,7-9,11H2,1H3/t16-/m0/s1. The number of fused-ring (bicyclic) bond motifs is 1. The molecule has 1 aromatic heterocycles. The summed E-state index contributed by atoms with van der Waals surface area (Å²) in [5.74, 6) is -0.188. The second kappa shape index (κ2) is 7.03. The predicted octanol–water partition coefficient (Wildman–Crippen LogP) is 2.84. The zero-order valence-corrected chi connectivity index (χ0v) is 12.9. The number of hydrogen-bond donors (Lipinski definition) is 1. The third kappa shape index (κ3) is 3.54. The first kappa shape index (κ1) is 15.2. The fourth-order valence-corrected chi connectivity index (χ4v) is 2.98. The molecule has 0 radical (unpaired) electrons. The highest BCUT2D eigenvalue weighted by Crippen LogP contribution is 2.28. The summed E-state index contributed by atoms with van der Waals surface area (Å²) in [7, 11) is 1.70. The molecule has 22 heavy (non-hydrogen) atoms. The van der Waals surface area contributed by atoms with Crippen molar-refractivity contribution in [2.45, 2.75) is 38.4 Å². The Hall–Kier alpha value is -1.72. The van der Waals surface area contributed by atoms with Crippen LogP contribution in [0.15, 0.2) is 30.5 Å². The fraction of sp³-hybridized carbons (Fsp3) is 0.471. The van der Waals surface area contributed by atoms with E-state index in [1.807, 2.05) is 10.7 Å². The number of aryl methyl sites for hydroxylation is 1. The topological polar surface area (TPSA) is 39.1 Å². The Morgan fingerprint density at radius 2 is 2.36 bits per heavy atom. The van der Waals surface area contributed by atoms with Crippen molar-refractivity contribution < 1.29 is 9.13 Å². The van der Waals surface area contributed by atoms with Gasteiger partial charge in [0.15, 0.2) is 0 Å². The van der Waals surface area contributed by atoms with Gasteiger partial charge in [-0.1, -0.05) is 12.1 Å². The molecule has 1 aliphatic rings. The highest BCUT2D eigenvalue weighted by molar-refractivity contribution is 5.24. The van der Waals surface area contributed by atoms with Crippen LogP contribution in [-0.2, 0) is 24.2 Å². The highest BCUT2D eigenvalue weighted by Gasteiger charge is 2.23. The van der Waals surface area contributed by atoms with E-state index in [0.29, 0.717) is 13.2 Å². The van der Waals surface area contributed by atoms with Gasteiger partial charge in [-0.2, -0.15) is 5.10 Å². The summed E-state index contributed by atoms with van der Waals surface area (Å²) in [4.78, 5) is 0. The molecule has 5 heteroatoms. The van der Waals surface area contributed by atoms with E-state index in [0.717, 1.165) is 37.1 Å². The number of hydrogen-bond acceptors (Lipinski definition) is 3. The van der Waals surface area contributed by atoms with Gasteiger partial charge in [0.25, 0.3) is 0 Å². The predicted molar refractivity (Wildman–Crippen MR) is 83.0 cm³/mol. The first-order valence-electron chi connectivity index (χ1n) is 7.79. The minimum Gasteiger partial charge on any atom is -0.383 e. The number of halogens is 1. The molecule has 0 saturated carbocycles. The molecule has 4 nitrogen and oxygen atoms in total. The fourth-order valence-electron chi connectivity index (χ4n) is 2.98. The summed E-state index contributed by atoms with van der Waals surface area (Å²) in [6.07, 6.45) is 5.44. The summed E-state index contributed by atoms with van der Waals surface area (Å²) in [5, 5.41) is 8.22. The third-order valence-electron chi connectivity index (χ3n) is 4.11. The quantitative estimate of drug-likeness (QED) is 0.892. The number of aromatic nitrogens is 2. The normalized spacial score (nSPS) is 17.5. The van der Waals surface area contributed by atoms with E-state index >= 15 is 0 Å². The van der Waals surface area contributed by atoms with Crippen LogP contribution >= 0.6 is 0 Å². The van der Waals surface area contributed by atoms with Crippen LogP contribution in [-0.4, -0.2) is 23.5 Å². The lowest BCUT2D eigenvalue weighted by Gasteiger charge is -2.22. The summed E-state index contributed by atoms with van der Waals surface area (Å²) >= 11 is 0. The Morgan fingerprint density at radius 3 is 3.18 bits per heavy atom. The van der Waals surface area contributed by atoms with Gasteiger partial charge in [0.2, 0.25) is 0 Å². The molecular formula is C17H22FN3O. The van der Waals surface area contributed by atoms with E-state index in [4.69, 9.17) is 9.84 Å². The van der Waals surface area contributed by atoms with Gasteiger partial charge in [-0.3, -0.25) is 4.68 Å². The van der Waals surface area contributed by atoms with Crippen LogP contribution in [0.2, 0.25) is 0 Å². The molecule has 1 heterocycles. The molecule has 1 N–H and O–H groups in total. The second-order valence-corrected chi connectivity index (χ2v) is 5.75. The molecule has 0 spiro atoms.